The lowest BCUT2D eigenvalue weighted by molar-refractivity contribution is 0.377. The van der Waals surface area contributed by atoms with Crippen molar-refractivity contribution in [3.8, 4) is 0 Å². The van der Waals surface area contributed by atoms with Crippen LogP contribution in [0.1, 0.15) is 0 Å². The molecule has 0 aliphatic rings. The molecule has 3 N–H and O–H groups in total. The quantitative estimate of drug-likeness (QED) is 0.479. The number of rotatable bonds is 4. The Morgan fingerprint density at radius 1 is 1.38 bits per heavy atom. The Morgan fingerprint density at radius 2 is 2.06 bits per heavy atom. The molecule has 0 aliphatic carbocycles. The summed E-state index contributed by atoms with van der Waals surface area (Å²) in [6.07, 6.45) is 3.67. The van der Waals surface area contributed by atoms with Crippen LogP contribution in [0.25, 0.3) is 0 Å². The summed E-state index contributed by atoms with van der Waals surface area (Å²) >= 11 is 0. The molecule has 1 heterocycles. The van der Waals surface area contributed by atoms with Crippen LogP contribution in [0.15, 0.2) is 34.0 Å². The van der Waals surface area contributed by atoms with Crippen LogP contribution < -0.4 is 11.2 Å². The van der Waals surface area contributed by atoms with E-state index in [9.17, 15) is 14.2 Å². The van der Waals surface area contributed by atoms with Crippen molar-refractivity contribution in [2.45, 2.75) is 6.54 Å². The number of hydrogen-bond donors (Lipinski definition) is 3. The molecule has 0 aliphatic heterocycles. The van der Waals surface area contributed by atoms with Gasteiger partial charge in [-0.3, -0.25) is 18.9 Å². The van der Waals surface area contributed by atoms with E-state index in [1.54, 1.807) is 0 Å². The summed E-state index contributed by atoms with van der Waals surface area (Å²) in [6.45, 7) is 0.148. The van der Waals surface area contributed by atoms with Gasteiger partial charge in [-0.15, -0.1) is 0 Å². The predicted octanol–water partition coefficient (Wildman–Crippen LogP) is -0.730. The fourth-order valence-electron chi connectivity index (χ4n) is 0.988. The Balaban J connectivity index is 2.65. The molecule has 1 rings (SSSR count). The van der Waals surface area contributed by atoms with Crippen LogP contribution in [0.5, 0.6) is 0 Å². The summed E-state index contributed by atoms with van der Waals surface area (Å²) in [4.78, 5) is 41.0. The maximum Gasteiger partial charge on any atom is 0.329 e. The molecule has 0 aromatic carbocycles. The first kappa shape index (κ1) is 12.6. The summed E-state index contributed by atoms with van der Waals surface area (Å²) in [5.41, 5.74) is -1.05. The molecule has 0 radical (unpaired) electrons. The van der Waals surface area contributed by atoms with Crippen molar-refractivity contribution < 1.29 is 14.4 Å². The minimum absolute atomic E-state index is 0.148. The van der Waals surface area contributed by atoms with Crippen LogP contribution in [0.3, 0.4) is 0 Å². The summed E-state index contributed by atoms with van der Waals surface area (Å²) in [6, 6.07) is 1.19. The van der Waals surface area contributed by atoms with Crippen LogP contribution in [0, 0.1) is 0 Å². The molecule has 1 aromatic rings. The first-order valence-electron chi connectivity index (χ1n) is 4.38. The number of nitrogens with zero attached hydrogens (tertiary/aromatic N) is 1. The van der Waals surface area contributed by atoms with Crippen molar-refractivity contribution in [2.24, 2.45) is 0 Å². The van der Waals surface area contributed by atoms with Crippen LogP contribution >= 0.6 is 7.60 Å². The minimum Gasteiger partial charge on any atom is -0.324 e. The molecule has 0 saturated heterocycles. The van der Waals surface area contributed by atoms with Gasteiger partial charge in [-0.1, -0.05) is 12.2 Å². The van der Waals surface area contributed by atoms with E-state index in [0.29, 0.717) is 0 Å². The number of H-pyrrole nitrogens is 1. The third-order valence-electron chi connectivity index (χ3n) is 1.71. The molecule has 0 bridgehead atoms. The van der Waals surface area contributed by atoms with Gasteiger partial charge in [0.05, 0.1) is 6.16 Å². The minimum atomic E-state index is -4.04. The Labute approximate surface area is 90.2 Å². The van der Waals surface area contributed by atoms with Crippen molar-refractivity contribution in [3.05, 3.63) is 45.3 Å². The first-order valence-corrected chi connectivity index (χ1v) is 6.17. The Morgan fingerprint density at radius 3 is 2.62 bits per heavy atom. The van der Waals surface area contributed by atoms with Gasteiger partial charge in [0.25, 0.3) is 5.56 Å². The number of hydrogen-bond acceptors (Lipinski definition) is 3. The van der Waals surface area contributed by atoms with E-state index in [2.05, 4.69) is 4.98 Å². The highest BCUT2D eigenvalue weighted by Crippen LogP contribution is 2.33. The largest absolute Gasteiger partial charge is 0.329 e. The average Bonchev–Trinajstić information content (AvgIpc) is 2.13. The van der Waals surface area contributed by atoms with E-state index in [-0.39, 0.29) is 12.7 Å². The molecule has 0 atom stereocenters. The SMILES string of the molecule is O=c1ccn(C/C=C/CP(=O)(O)O)c(=O)[nH]1. The van der Waals surface area contributed by atoms with Crippen molar-refractivity contribution in [3.63, 3.8) is 0 Å². The number of aromatic amines is 1. The van der Waals surface area contributed by atoms with Gasteiger partial charge in [0, 0.05) is 18.8 Å². The molecule has 0 amide bonds. The number of nitrogens with one attached hydrogen (secondary N) is 1. The molecule has 0 saturated carbocycles. The molecule has 7 nitrogen and oxygen atoms in total. The highest BCUT2D eigenvalue weighted by atomic mass is 31.2. The summed E-state index contributed by atoms with van der Waals surface area (Å²) in [7, 11) is -4.04. The summed E-state index contributed by atoms with van der Waals surface area (Å²) < 4.78 is 11.7. The zero-order chi connectivity index (χ0) is 12.2. The molecule has 16 heavy (non-hydrogen) atoms. The molecule has 1 aromatic heterocycles. The van der Waals surface area contributed by atoms with Gasteiger partial charge in [-0.25, -0.2) is 4.79 Å². The van der Waals surface area contributed by atoms with Gasteiger partial charge in [0.1, 0.15) is 0 Å². The van der Waals surface area contributed by atoms with Crippen LogP contribution in [-0.2, 0) is 11.1 Å². The molecule has 88 valence electrons. The predicted molar refractivity (Wildman–Crippen MR) is 57.4 cm³/mol. The van der Waals surface area contributed by atoms with Crippen molar-refractivity contribution in [2.75, 3.05) is 6.16 Å². The fraction of sp³-hybridized carbons (Fsp3) is 0.250. The third-order valence-corrected chi connectivity index (χ3v) is 2.40. The van der Waals surface area contributed by atoms with E-state index in [1.165, 1.54) is 29.0 Å². The average molecular weight is 246 g/mol. The second-order valence-corrected chi connectivity index (χ2v) is 4.78. The van der Waals surface area contributed by atoms with Crippen molar-refractivity contribution in [1.82, 2.24) is 9.55 Å². The zero-order valence-electron chi connectivity index (χ0n) is 8.24. The fourth-order valence-corrected chi connectivity index (χ4v) is 1.41. The topological polar surface area (TPSA) is 112 Å². The highest BCUT2D eigenvalue weighted by Gasteiger charge is 2.08. The van der Waals surface area contributed by atoms with Gasteiger partial charge < -0.3 is 9.79 Å². The molecule has 0 fully saturated rings. The molecular weight excluding hydrogens is 235 g/mol. The maximum atomic E-state index is 11.2. The normalized spacial score (nSPS) is 12.1. The van der Waals surface area contributed by atoms with Gasteiger partial charge in [-0.05, 0) is 0 Å². The van der Waals surface area contributed by atoms with Gasteiger partial charge in [0.2, 0.25) is 0 Å². The van der Waals surface area contributed by atoms with E-state index in [4.69, 9.17) is 9.79 Å². The van der Waals surface area contributed by atoms with E-state index >= 15 is 0 Å². The maximum absolute atomic E-state index is 11.2. The lowest BCUT2D eigenvalue weighted by Crippen LogP contribution is -2.28. The second kappa shape index (κ2) is 5.07. The van der Waals surface area contributed by atoms with E-state index < -0.39 is 18.8 Å². The zero-order valence-corrected chi connectivity index (χ0v) is 9.13. The van der Waals surface area contributed by atoms with Gasteiger partial charge in [0.15, 0.2) is 0 Å². The van der Waals surface area contributed by atoms with Crippen molar-refractivity contribution in [1.29, 1.82) is 0 Å². The monoisotopic (exact) mass is 246 g/mol. The standard InChI is InChI=1S/C8H11N2O5P/c11-7-3-5-10(8(12)9-7)4-1-2-6-16(13,14)15/h1-3,5H,4,6H2,(H,9,11,12)(H2,13,14,15)/b2-1+. The summed E-state index contributed by atoms with van der Waals surface area (Å²) in [5, 5.41) is 0. The van der Waals surface area contributed by atoms with Crippen molar-refractivity contribution >= 4 is 7.60 Å². The van der Waals surface area contributed by atoms with Crippen LogP contribution in [-0.4, -0.2) is 25.5 Å². The van der Waals surface area contributed by atoms with Gasteiger partial charge >= 0.3 is 13.3 Å². The molecule has 8 heteroatoms. The lowest BCUT2D eigenvalue weighted by Gasteiger charge is -2.00. The first-order chi connectivity index (χ1) is 7.38. The highest BCUT2D eigenvalue weighted by molar-refractivity contribution is 7.51. The lowest BCUT2D eigenvalue weighted by atomic mass is 10.5. The Kier molecular flexibility index (Phi) is 4.00. The van der Waals surface area contributed by atoms with E-state index in [0.717, 1.165) is 0 Å². The third kappa shape index (κ3) is 4.39. The summed E-state index contributed by atoms with van der Waals surface area (Å²) in [5.74, 6) is 0. The van der Waals surface area contributed by atoms with Crippen LogP contribution in [0.4, 0.5) is 0 Å². The Bertz CT molecular complexity index is 538. The molecule has 0 unspecified atom stereocenters. The Hall–Kier alpha value is -1.43. The number of aromatic nitrogens is 2. The smallest absolute Gasteiger partial charge is 0.324 e. The molecular formula is C8H11N2O5P. The van der Waals surface area contributed by atoms with E-state index in [1.807, 2.05) is 0 Å². The van der Waals surface area contributed by atoms with Crippen LogP contribution in [0.2, 0.25) is 0 Å². The number of allylic oxidation sites excluding steroid dienone is 2. The second-order valence-electron chi connectivity index (χ2n) is 3.08. The van der Waals surface area contributed by atoms with Gasteiger partial charge in [-0.2, -0.15) is 0 Å². The molecule has 0 spiro atoms.